The van der Waals surface area contributed by atoms with Gasteiger partial charge >= 0.3 is 0 Å². The second kappa shape index (κ2) is 5.92. The van der Waals surface area contributed by atoms with Crippen LogP contribution in [-0.2, 0) is 12.8 Å². The number of aromatic nitrogens is 2. The fourth-order valence-electron chi connectivity index (χ4n) is 3.17. The molecule has 3 rings (SSSR count). The third-order valence-electron chi connectivity index (χ3n) is 4.18. The molecule has 2 aromatic heterocycles. The second-order valence-electron chi connectivity index (χ2n) is 5.56. The van der Waals surface area contributed by atoms with Crippen molar-refractivity contribution in [1.29, 1.82) is 5.26 Å². The minimum Gasteiger partial charge on any atom is -0.286 e. The fraction of sp³-hybridized carbons (Fsp3) is 0.353. The molecule has 4 N–H and O–H groups in total. The lowest BCUT2D eigenvalue weighted by Gasteiger charge is -2.16. The summed E-state index contributed by atoms with van der Waals surface area (Å²) in [5.41, 5.74) is 11.2. The van der Waals surface area contributed by atoms with Crippen molar-refractivity contribution in [2.24, 2.45) is 0 Å². The molecule has 0 saturated carbocycles. The van der Waals surface area contributed by atoms with Crippen LogP contribution in [0.2, 0.25) is 0 Å². The highest BCUT2D eigenvalue weighted by atomic mass is 14.9. The van der Waals surface area contributed by atoms with Gasteiger partial charge in [-0.15, -0.1) is 0 Å². The molecular weight excluding hydrogens is 260 g/mol. The highest BCUT2D eigenvalue weighted by molar-refractivity contribution is 5.76. The van der Waals surface area contributed by atoms with Crippen molar-refractivity contribution in [3.8, 4) is 17.2 Å². The van der Waals surface area contributed by atoms with Crippen molar-refractivity contribution in [2.75, 3.05) is 5.73 Å². The summed E-state index contributed by atoms with van der Waals surface area (Å²) < 4.78 is 0. The Morgan fingerprint density at radius 3 is 2.67 bits per heavy atom. The smallest absolute Gasteiger partial charge is 0.286 e. The molecule has 4 heteroatoms. The molecule has 0 amide bonds. The number of anilines is 1. The molecule has 0 saturated heterocycles. The van der Waals surface area contributed by atoms with E-state index in [4.69, 9.17) is 5.73 Å². The lowest BCUT2D eigenvalue weighted by Crippen LogP contribution is -2.23. The fourth-order valence-corrected chi connectivity index (χ4v) is 3.17. The van der Waals surface area contributed by atoms with Gasteiger partial charge < -0.3 is 0 Å². The van der Waals surface area contributed by atoms with Crippen molar-refractivity contribution < 1.29 is 9.97 Å². The zero-order valence-corrected chi connectivity index (χ0v) is 12.1. The molecule has 0 radical (unpaired) electrons. The summed E-state index contributed by atoms with van der Waals surface area (Å²) in [5.74, 6) is 0.482. The zero-order chi connectivity index (χ0) is 14.7. The SMILES string of the molecule is N#Cc1c(N)[nH+]c2c(c1-c1ccc[nH+]c1)CCCCCC2. The topological polar surface area (TPSA) is 78.1 Å². The van der Waals surface area contributed by atoms with Gasteiger partial charge in [-0.1, -0.05) is 12.8 Å². The number of nitrogens with two attached hydrogens (primary N) is 1. The van der Waals surface area contributed by atoms with Crippen molar-refractivity contribution in [3.63, 3.8) is 0 Å². The van der Waals surface area contributed by atoms with E-state index >= 15 is 0 Å². The molecule has 0 atom stereocenters. The molecule has 106 valence electrons. The van der Waals surface area contributed by atoms with Gasteiger partial charge in [0.05, 0.1) is 0 Å². The molecule has 0 aromatic carbocycles. The molecule has 0 spiro atoms. The van der Waals surface area contributed by atoms with Crippen LogP contribution in [0.1, 0.15) is 42.5 Å². The summed E-state index contributed by atoms with van der Waals surface area (Å²) in [4.78, 5) is 6.37. The molecule has 4 nitrogen and oxygen atoms in total. The molecule has 1 aliphatic rings. The van der Waals surface area contributed by atoms with Crippen molar-refractivity contribution in [1.82, 2.24) is 0 Å². The van der Waals surface area contributed by atoms with Crippen LogP contribution in [0.25, 0.3) is 11.1 Å². The number of nitrogens with zero attached hydrogens (tertiary/aromatic N) is 1. The normalized spacial score (nSPS) is 14.6. The van der Waals surface area contributed by atoms with Gasteiger partial charge in [-0.3, -0.25) is 5.73 Å². The predicted octanol–water partition coefficient (Wildman–Crippen LogP) is 2.09. The van der Waals surface area contributed by atoms with E-state index in [9.17, 15) is 5.26 Å². The number of pyridine rings is 2. The first-order valence-electron chi connectivity index (χ1n) is 7.54. The average Bonchev–Trinajstić information content (AvgIpc) is 2.49. The van der Waals surface area contributed by atoms with Gasteiger partial charge in [-0.05, 0) is 25.3 Å². The third-order valence-corrected chi connectivity index (χ3v) is 4.18. The second-order valence-corrected chi connectivity index (χ2v) is 5.56. The van der Waals surface area contributed by atoms with Crippen LogP contribution in [0, 0.1) is 11.3 Å². The van der Waals surface area contributed by atoms with E-state index in [-0.39, 0.29) is 0 Å². The maximum atomic E-state index is 9.53. The molecule has 0 unspecified atom stereocenters. The first-order valence-corrected chi connectivity index (χ1v) is 7.54. The van der Waals surface area contributed by atoms with E-state index in [1.807, 2.05) is 24.5 Å². The first kappa shape index (κ1) is 13.6. The maximum Gasteiger partial charge on any atom is 0.289 e. The van der Waals surface area contributed by atoms with Gasteiger partial charge in [-0.25, -0.2) is 9.97 Å². The first-order chi connectivity index (χ1) is 10.3. The Morgan fingerprint density at radius 2 is 1.95 bits per heavy atom. The Balaban J connectivity index is 2.26. The largest absolute Gasteiger partial charge is 0.289 e. The van der Waals surface area contributed by atoms with Gasteiger partial charge in [0.25, 0.3) is 5.82 Å². The predicted molar refractivity (Wildman–Crippen MR) is 80.0 cm³/mol. The Morgan fingerprint density at radius 1 is 1.14 bits per heavy atom. The average molecular weight is 280 g/mol. The van der Waals surface area contributed by atoms with E-state index in [1.54, 1.807) is 0 Å². The van der Waals surface area contributed by atoms with Crippen molar-refractivity contribution in [2.45, 2.75) is 38.5 Å². The lowest BCUT2D eigenvalue weighted by atomic mass is 9.88. The van der Waals surface area contributed by atoms with Crippen LogP contribution in [-0.4, -0.2) is 0 Å². The minimum absolute atomic E-state index is 0.482. The molecule has 1 aliphatic carbocycles. The number of nitrogens with one attached hydrogen (secondary N) is 2. The number of fused-ring (bicyclic) bond motifs is 1. The molecule has 2 aromatic rings. The number of aromatic amines is 2. The number of nitrogen functional groups attached to an aromatic ring is 1. The van der Waals surface area contributed by atoms with Crippen molar-refractivity contribution in [3.05, 3.63) is 41.3 Å². The van der Waals surface area contributed by atoms with Crippen LogP contribution in [0.4, 0.5) is 5.82 Å². The monoisotopic (exact) mass is 280 g/mol. The Kier molecular flexibility index (Phi) is 3.83. The standard InChI is InChI=1S/C17H18N4/c18-10-14-16(12-6-5-9-20-11-12)13-7-3-1-2-4-8-15(13)21-17(14)19/h5-6,9,11H,1-4,7-8H2,(H2,19,21)/p+2. The number of hydrogen-bond donors (Lipinski definition) is 1. The number of hydrogen-bond acceptors (Lipinski definition) is 2. The number of aryl methyl sites for hydroxylation is 1. The summed E-state index contributed by atoms with van der Waals surface area (Å²) in [7, 11) is 0. The molecule has 0 bridgehead atoms. The highest BCUT2D eigenvalue weighted by Crippen LogP contribution is 2.32. The summed E-state index contributed by atoms with van der Waals surface area (Å²) in [6.45, 7) is 0. The van der Waals surface area contributed by atoms with E-state index in [1.165, 1.54) is 36.9 Å². The molecular formula is C17H20N4+2. The Labute approximate surface area is 124 Å². The molecule has 0 fully saturated rings. The summed E-state index contributed by atoms with van der Waals surface area (Å²) in [6.07, 6.45) is 10.7. The van der Waals surface area contributed by atoms with E-state index < -0.39 is 0 Å². The number of rotatable bonds is 1. The zero-order valence-electron chi connectivity index (χ0n) is 12.1. The van der Waals surface area contributed by atoms with E-state index in [0.29, 0.717) is 11.4 Å². The Hall–Kier alpha value is -2.41. The molecule has 2 heterocycles. The molecule has 0 aliphatic heterocycles. The van der Waals surface area contributed by atoms with Crippen LogP contribution < -0.4 is 15.7 Å². The van der Waals surface area contributed by atoms with Crippen LogP contribution in [0.5, 0.6) is 0 Å². The summed E-state index contributed by atoms with van der Waals surface area (Å²) in [6, 6.07) is 6.27. The lowest BCUT2D eigenvalue weighted by molar-refractivity contribution is -0.377. The van der Waals surface area contributed by atoms with Crippen molar-refractivity contribution >= 4 is 5.82 Å². The van der Waals surface area contributed by atoms with Crippen LogP contribution in [0.15, 0.2) is 24.5 Å². The van der Waals surface area contributed by atoms with Crippen LogP contribution >= 0.6 is 0 Å². The summed E-state index contributed by atoms with van der Waals surface area (Å²) >= 11 is 0. The van der Waals surface area contributed by atoms with Gasteiger partial charge in [0.2, 0.25) is 0 Å². The Bertz CT molecular complexity index is 686. The van der Waals surface area contributed by atoms with E-state index in [2.05, 4.69) is 16.0 Å². The maximum absolute atomic E-state index is 9.53. The van der Waals surface area contributed by atoms with E-state index in [0.717, 1.165) is 24.0 Å². The minimum atomic E-state index is 0.482. The van der Waals surface area contributed by atoms with Crippen LogP contribution in [0.3, 0.4) is 0 Å². The summed E-state index contributed by atoms with van der Waals surface area (Å²) in [5, 5.41) is 9.53. The highest BCUT2D eigenvalue weighted by Gasteiger charge is 2.24. The number of nitriles is 1. The number of H-pyrrole nitrogens is 2. The van der Waals surface area contributed by atoms with Gasteiger partial charge in [0.15, 0.2) is 12.4 Å². The third kappa shape index (κ3) is 2.59. The van der Waals surface area contributed by atoms with Gasteiger partial charge in [0.1, 0.15) is 17.3 Å². The van der Waals surface area contributed by atoms with Gasteiger partial charge in [0, 0.05) is 29.2 Å². The molecule has 21 heavy (non-hydrogen) atoms. The quantitative estimate of drug-likeness (QED) is 0.868. The van der Waals surface area contributed by atoms with Gasteiger partial charge in [-0.2, -0.15) is 5.26 Å².